The van der Waals surface area contributed by atoms with Crippen LogP contribution in [0.1, 0.15) is 40.5 Å². The van der Waals surface area contributed by atoms with E-state index in [0.29, 0.717) is 5.57 Å². The topological polar surface area (TPSA) is 46.5 Å². The zero-order valence-corrected chi connectivity index (χ0v) is 11.0. The van der Waals surface area contributed by atoms with E-state index < -0.39 is 6.10 Å². The van der Waals surface area contributed by atoms with Crippen molar-refractivity contribution >= 4 is 5.97 Å². The van der Waals surface area contributed by atoms with Crippen molar-refractivity contribution in [2.24, 2.45) is 11.8 Å². The smallest absolute Gasteiger partial charge is 0.333 e. The molecule has 0 aromatic heterocycles. The summed E-state index contributed by atoms with van der Waals surface area (Å²) in [4.78, 5) is 11.2. The molecule has 0 fully saturated rings. The summed E-state index contributed by atoms with van der Waals surface area (Å²) in [5.41, 5.74) is 0.553. The van der Waals surface area contributed by atoms with Gasteiger partial charge in [-0.1, -0.05) is 33.3 Å². The predicted octanol–water partition coefficient (Wildman–Crippen LogP) is 2.54. The van der Waals surface area contributed by atoms with Gasteiger partial charge in [0.2, 0.25) is 0 Å². The second-order valence-corrected chi connectivity index (χ2v) is 4.46. The molecule has 1 N–H and O–H groups in total. The molecule has 0 amide bonds. The Kier molecular flexibility index (Phi) is 7.06. The van der Waals surface area contributed by atoms with Gasteiger partial charge in [0.05, 0.1) is 13.2 Å². The lowest BCUT2D eigenvalue weighted by atomic mass is 9.89. The first-order valence-electron chi connectivity index (χ1n) is 5.88. The number of ether oxygens (including phenoxy) is 1. The van der Waals surface area contributed by atoms with Crippen LogP contribution in [-0.2, 0) is 9.53 Å². The Morgan fingerprint density at radius 3 is 2.44 bits per heavy atom. The van der Waals surface area contributed by atoms with Gasteiger partial charge in [-0.05, 0) is 19.3 Å². The molecule has 3 atom stereocenters. The second kappa shape index (κ2) is 7.44. The molecule has 0 saturated carbocycles. The minimum Gasteiger partial charge on any atom is -0.466 e. The number of hydrogen-bond donors (Lipinski definition) is 1. The van der Waals surface area contributed by atoms with Crippen molar-refractivity contribution in [3.05, 3.63) is 11.6 Å². The normalized spacial score (nSPS) is 17.8. The van der Waals surface area contributed by atoms with Crippen LogP contribution in [0, 0.1) is 11.8 Å². The lowest BCUT2D eigenvalue weighted by Crippen LogP contribution is -2.25. The second-order valence-electron chi connectivity index (χ2n) is 4.46. The van der Waals surface area contributed by atoms with Gasteiger partial charge in [-0.2, -0.15) is 0 Å². The maximum absolute atomic E-state index is 11.2. The van der Waals surface area contributed by atoms with Crippen molar-refractivity contribution in [3.63, 3.8) is 0 Å². The molecule has 0 bridgehead atoms. The average Bonchev–Trinajstić information content (AvgIpc) is 2.26. The van der Waals surface area contributed by atoms with Crippen LogP contribution in [0.15, 0.2) is 11.6 Å². The molecule has 3 heteroatoms. The van der Waals surface area contributed by atoms with Gasteiger partial charge in [-0.3, -0.25) is 0 Å². The van der Waals surface area contributed by atoms with E-state index in [-0.39, 0.29) is 17.8 Å². The van der Waals surface area contributed by atoms with Crippen LogP contribution in [0.5, 0.6) is 0 Å². The standard InChI is InChI=1S/C13H24O3/c1-6-7-9(2)12(14)10(3)8-11(4)13(15)16-5/h8-10,12,14H,6-7H2,1-5H3/b11-8+/t9-,10-,12+/m1/s1. The molecule has 0 rings (SSSR count). The van der Waals surface area contributed by atoms with Gasteiger partial charge in [-0.15, -0.1) is 0 Å². The number of hydrogen-bond acceptors (Lipinski definition) is 3. The molecule has 0 heterocycles. The third kappa shape index (κ3) is 4.79. The fourth-order valence-electron chi connectivity index (χ4n) is 1.87. The molecule has 0 aromatic carbocycles. The molecule has 94 valence electrons. The maximum atomic E-state index is 11.2. The number of rotatable bonds is 6. The van der Waals surface area contributed by atoms with Crippen LogP contribution in [0.4, 0.5) is 0 Å². The zero-order chi connectivity index (χ0) is 12.7. The number of aliphatic hydroxyl groups is 1. The van der Waals surface area contributed by atoms with Crippen molar-refractivity contribution in [1.82, 2.24) is 0 Å². The zero-order valence-electron chi connectivity index (χ0n) is 11.0. The molecule has 0 aliphatic carbocycles. The third-order valence-electron chi connectivity index (χ3n) is 2.89. The summed E-state index contributed by atoms with van der Waals surface area (Å²) in [6.07, 6.45) is 3.43. The highest BCUT2D eigenvalue weighted by Gasteiger charge is 2.19. The van der Waals surface area contributed by atoms with E-state index in [1.54, 1.807) is 13.0 Å². The van der Waals surface area contributed by atoms with E-state index in [2.05, 4.69) is 11.7 Å². The van der Waals surface area contributed by atoms with Crippen molar-refractivity contribution in [2.75, 3.05) is 7.11 Å². The minimum atomic E-state index is -0.403. The fraction of sp³-hybridized carbons (Fsp3) is 0.769. The third-order valence-corrected chi connectivity index (χ3v) is 2.89. The molecule has 0 aliphatic heterocycles. The maximum Gasteiger partial charge on any atom is 0.333 e. The monoisotopic (exact) mass is 228 g/mol. The molecule has 0 unspecified atom stereocenters. The molecule has 0 spiro atoms. The number of methoxy groups -OCH3 is 1. The van der Waals surface area contributed by atoms with Crippen molar-refractivity contribution in [2.45, 2.75) is 46.6 Å². The summed E-state index contributed by atoms with van der Waals surface area (Å²) < 4.78 is 4.61. The Morgan fingerprint density at radius 2 is 2.00 bits per heavy atom. The number of carbonyl (C=O) groups is 1. The largest absolute Gasteiger partial charge is 0.466 e. The highest BCUT2D eigenvalue weighted by Crippen LogP contribution is 2.19. The SMILES string of the molecule is CCC[C@@H](C)[C@H](O)[C@H](C)/C=C(\C)C(=O)OC. The summed E-state index contributed by atoms with van der Waals surface area (Å²) in [5, 5.41) is 10.0. The van der Waals surface area contributed by atoms with E-state index in [1.807, 2.05) is 13.8 Å². The summed E-state index contributed by atoms with van der Waals surface area (Å²) in [7, 11) is 1.36. The van der Waals surface area contributed by atoms with Crippen LogP contribution >= 0.6 is 0 Å². The lowest BCUT2D eigenvalue weighted by molar-refractivity contribution is -0.136. The highest BCUT2D eigenvalue weighted by atomic mass is 16.5. The first-order valence-corrected chi connectivity index (χ1v) is 5.88. The van der Waals surface area contributed by atoms with Crippen molar-refractivity contribution < 1.29 is 14.6 Å². The van der Waals surface area contributed by atoms with E-state index >= 15 is 0 Å². The first-order chi connectivity index (χ1) is 7.43. The Labute approximate surface area is 98.5 Å². The van der Waals surface area contributed by atoms with Crippen molar-refractivity contribution in [3.8, 4) is 0 Å². The molecule has 16 heavy (non-hydrogen) atoms. The molecular weight excluding hydrogens is 204 g/mol. The van der Waals surface area contributed by atoms with E-state index in [0.717, 1.165) is 12.8 Å². The van der Waals surface area contributed by atoms with Crippen molar-refractivity contribution in [1.29, 1.82) is 0 Å². The van der Waals surface area contributed by atoms with Gasteiger partial charge in [-0.25, -0.2) is 4.79 Å². The van der Waals surface area contributed by atoms with Gasteiger partial charge in [0.25, 0.3) is 0 Å². The fourth-order valence-corrected chi connectivity index (χ4v) is 1.87. The minimum absolute atomic E-state index is 0.0272. The Morgan fingerprint density at radius 1 is 1.44 bits per heavy atom. The van der Waals surface area contributed by atoms with Gasteiger partial charge in [0.15, 0.2) is 0 Å². The van der Waals surface area contributed by atoms with E-state index in [1.165, 1.54) is 7.11 Å². The molecule has 0 radical (unpaired) electrons. The van der Waals surface area contributed by atoms with Gasteiger partial charge < -0.3 is 9.84 Å². The molecule has 0 aromatic rings. The Bertz CT molecular complexity index is 246. The molecule has 3 nitrogen and oxygen atoms in total. The summed E-state index contributed by atoms with van der Waals surface area (Å²) in [5.74, 6) is -0.107. The number of esters is 1. The Balaban J connectivity index is 4.44. The Hall–Kier alpha value is -0.830. The summed E-state index contributed by atoms with van der Waals surface area (Å²) >= 11 is 0. The lowest BCUT2D eigenvalue weighted by Gasteiger charge is -2.22. The van der Waals surface area contributed by atoms with Crippen LogP contribution in [-0.4, -0.2) is 24.3 Å². The van der Waals surface area contributed by atoms with E-state index in [9.17, 15) is 9.90 Å². The van der Waals surface area contributed by atoms with Gasteiger partial charge in [0, 0.05) is 11.5 Å². The summed E-state index contributed by atoms with van der Waals surface area (Å²) in [6, 6.07) is 0. The summed E-state index contributed by atoms with van der Waals surface area (Å²) in [6.45, 7) is 7.76. The molecule has 0 saturated heterocycles. The average molecular weight is 228 g/mol. The predicted molar refractivity (Wildman–Crippen MR) is 65.0 cm³/mol. The first kappa shape index (κ1) is 15.2. The quantitative estimate of drug-likeness (QED) is 0.561. The molecular formula is C13H24O3. The number of carbonyl (C=O) groups excluding carboxylic acids is 1. The molecule has 0 aliphatic rings. The van der Waals surface area contributed by atoms with Crippen LogP contribution < -0.4 is 0 Å². The van der Waals surface area contributed by atoms with E-state index in [4.69, 9.17) is 0 Å². The van der Waals surface area contributed by atoms with Gasteiger partial charge >= 0.3 is 5.97 Å². The number of aliphatic hydroxyl groups excluding tert-OH is 1. The highest BCUT2D eigenvalue weighted by molar-refractivity contribution is 5.87. The van der Waals surface area contributed by atoms with Crippen LogP contribution in [0.3, 0.4) is 0 Å². The van der Waals surface area contributed by atoms with Crippen LogP contribution in [0.2, 0.25) is 0 Å². The van der Waals surface area contributed by atoms with Crippen LogP contribution in [0.25, 0.3) is 0 Å². The van der Waals surface area contributed by atoms with Gasteiger partial charge in [0.1, 0.15) is 0 Å².